The number of fused-ring (bicyclic) bond motifs is 1. The third-order valence-electron chi connectivity index (χ3n) is 4.58. The molecule has 0 bridgehead atoms. The molecule has 1 atom stereocenters. The Bertz CT molecular complexity index is 907. The van der Waals surface area contributed by atoms with E-state index in [4.69, 9.17) is 9.47 Å². The van der Waals surface area contributed by atoms with E-state index >= 15 is 0 Å². The van der Waals surface area contributed by atoms with Crippen LogP contribution >= 0.6 is 0 Å². The monoisotopic (exact) mass is 428 g/mol. The molecule has 2 rings (SSSR count). The quantitative estimate of drug-likeness (QED) is 0.283. The average Bonchev–Trinajstić information content (AvgIpc) is 2.89. The van der Waals surface area contributed by atoms with Crippen molar-refractivity contribution in [3.8, 4) is 5.75 Å². The summed E-state index contributed by atoms with van der Waals surface area (Å²) in [6.07, 6.45) is 8.66. The normalized spacial score (nSPS) is 16.6. The van der Waals surface area contributed by atoms with Gasteiger partial charge < -0.3 is 25.1 Å². The van der Waals surface area contributed by atoms with Gasteiger partial charge in [-0.25, -0.2) is 4.79 Å². The van der Waals surface area contributed by atoms with Gasteiger partial charge in [0.15, 0.2) is 0 Å². The summed E-state index contributed by atoms with van der Waals surface area (Å²) >= 11 is 0. The molecule has 166 valence electrons. The van der Waals surface area contributed by atoms with Crippen molar-refractivity contribution >= 4 is 29.2 Å². The molecule has 31 heavy (non-hydrogen) atoms. The minimum absolute atomic E-state index is 0.0481. The van der Waals surface area contributed by atoms with Crippen LogP contribution in [0, 0.1) is 0 Å². The number of allylic oxidation sites excluding steroid dienone is 4. The average molecular weight is 428 g/mol. The predicted molar refractivity (Wildman–Crippen MR) is 118 cm³/mol. The fourth-order valence-electron chi connectivity index (χ4n) is 2.95. The number of nitrogens with zero attached hydrogens (tertiary/aromatic N) is 2. The van der Waals surface area contributed by atoms with Crippen molar-refractivity contribution < 1.29 is 23.9 Å². The summed E-state index contributed by atoms with van der Waals surface area (Å²) in [6.45, 7) is 1.87. The maximum absolute atomic E-state index is 12.9. The molecule has 1 aliphatic heterocycles. The Hall–Kier alpha value is -3.62. The number of nitrogens with one attached hydrogen (secondary N) is 2. The number of carbonyl (C=O) groups is 3. The molecule has 0 aliphatic carbocycles. The number of carbonyl (C=O) groups excluding carboxylic acids is 3. The first-order valence-electron chi connectivity index (χ1n) is 9.87. The predicted octanol–water partition coefficient (Wildman–Crippen LogP) is 1.80. The van der Waals surface area contributed by atoms with Gasteiger partial charge in [0, 0.05) is 20.5 Å². The lowest BCUT2D eigenvalue weighted by molar-refractivity contribution is -0.124. The highest BCUT2D eigenvalue weighted by Crippen LogP contribution is 2.31. The van der Waals surface area contributed by atoms with Gasteiger partial charge in [-0.15, -0.1) is 0 Å². The fourth-order valence-corrected chi connectivity index (χ4v) is 2.95. The second-order valence-corrected chi connectivity index (χ2v) is 6.68. The van der Waals surface area contributed by atoms with Crippen LogP contribution in [0.25, 0.3) is 0 Å². The van der Waals surface area contributed by atoms with Crippen molar-refractivity contribution in [2.24, 2.45) is 5.10 Å². The van der Waals surface area contributed by atoms with E-state index in [0.29, 0.717) is 29.8 Å². The number of rotatable bonds is 8. The van der Waals surface area contributed by atoms with Gasteiger partial charge in [-0.05, 0) is 31.5 Å². The molecule has 9 nitrogen and oxygen atoms in total. The molecule has 0 aromatic heterocycles. The number of esters is 1. The number of hydrogen-bond acceptors (Lipinski definition) is 7. The molecule has 0 saturated carbocycles. The van der Waals surface area contributed by atoms with E-state index in [2.05, 4.69) is 15.8 Å². The van der Waals surface area contributed by atoms with Crippen LogP contribution in [0.1, 0.15) is 30.1 Å². The van der Waals surface area contributed by atoms with Gasteiger partial charge in [0.25, 0.3) is 11.8 Å². The van der Waals surface area contributed by atoms with Crippen LogP contribution in [0.3, 0.4) is 0 Å². The van der Waals surface area contributed by atoms with Gasteiger partial charge in [0.05, 0.1) is 18.4 Å². The Labute approximate surface area is 181 Å². The van der Waals surface area contributed by atoms with Crippen molar-refractivity contribution in [1.82, 2.24) is 10.7 Å². The van der Waals surface area contributed by atoms with Gasteiger partial charge in [-0.1, -0.05) is 24.3 Å². The molecule has 1 heterocycles. The number of hydrazone groups is 1. The van der Waals surface area contributed by atoms with E-state index < -0.39 is 17.9 Å². The van der Waals surface area contributed by atoms with E-state index in [9.17, 15) is 14.4 Å². The van der Waals surface area contributed by atoms with Crippen molar-refractivity contribution in [3.05, 3.63) is 48.1 Å². The maximum Gasteiger partial charge on any atom is 0.337 e. The Morgan fingerprint density at radius 1 is 1.35 bits per heavy atom. The Balaban J connectivity index is 2.13. The van der Waals surface area contributed by atoms with Crippen LogP contribution in [-0.2, 0) is 14.3 Å². The second kappa shape index (κ2) is 11.5. The zero-order valence-corrected chi connectivity index (χ0v) is 18.2. The Kier molecular flexibility index (Phi) is 8.80. The number of hydrogen-bond donors (Lipinski definition) is 2. The van der Waals surface area contributed by atoms with Crippen LogP contribution in [0.4, 0.5) is 5.69 Å². The summed E-state index contributed by atoms with van der Waals surface area (Å²) in [7, 11) is 4.45. The third-order valence-corrected chi connectivity index (χ3v) is 4.58. The number of ether oxygens (including phenoxy) is 2. The Morgan fingerprint density at radius 3 is 2.81 bits per heavy atom. The lowest BCUT2D eigenvalue weighted by atomic mass is 10.1. The summed E-state index contributed by atoms with van der Waals surface area (Å²) in [5.74, 6) is -0.913. The summed E-state index contributed by atoms with van der Waals surface area (Å²) < 4.78 is 10.5. The Morgan fingerprint density at radius 2 is 2.13 bits per heavy atom. The molecular formula is C22H28N4O5. The fraction of sp³-hybridized carbons (Fsp3) is 0.364. The molecule has 9 heteroatoms. The molecule has 0 radical (unpaired) electrons. The van der Waals surface area contributed by atoms with Gasteiger partial charge in [-0.2, -0.15) is 5.10 Å². The first-order valence-corrected chi connectivity index (χ1v) is 9.87. The lowest BCUT2D eigenvalue weighted by Crippen LogP contribution is -2.51. The second-order valence-electron chi connectivity index (χ2n) is 6.68. The molecular weight excluding hydrogens is 400 g/mol. The highest BCUT2D eigenvalue weighted by Gasteiger charge is 2.32. The minimum atomic E-state index is -0.910. The van der Waals surface area contributed by atoms with Crippen LogP contribution < -0.4 is 20.4 Å². The summed E-state index contributed by atoms with van der Waals surface area (Å²) in [4.78, 5) is 38.8. The van der Waals surface area contributed by atoms with E-state index in [0.717, 1.165) is 0 Å². The summed E-state index contributed by atoms with van der Waals surface area (Å²) in [5, 5.41) is 6.74. The number of anilines is 1. The molecule has 2 amide bonds. The van der Waals surface area contributed by atoms with Crippen LogP contribution in [0.5, 0.6) is 5.75 Å². The van der Waals surface area contributed by atoms with E-state index in [1.807, 2.05) is 31.2 Å². The van der Waals surface area contributed by atoms with Crippen molar-refractivity contribution in [2.75, 3.05) is 32.7 Å². The van der Waals surface area contributed by atoms with Crippen LogP contribution in [0.15, 0.2) is 47.6 Å². The molecule has 0 unspecified atom stereocenters. The lowest BCUT2D eigenvalue weighted by Gasteiger charge is -2.21. The minimum Gasteiger partial charge on any atom is -0.489 e. The maximum atomic E-state index is 12.9. The number of benzene rings is 1. The standard InChI is InChI=1S/C22H28N4O5/c1-5-6-7-8-9-10-16(25-23-2)20(27)24-17-14-31-19-12-11-15(22(29)30-4)13-18(19)26(3)21(17)28/h5-8,11-13,17,23H,9-10,14H2,1-4H3,(H,24,27)/b6-5-,8-7-,25-16+/t17-/m0/s1. The highest BCUT2D eigenvalue weighted by molar-refractivity contribution is 6.39. The number of amides is 2. The number of likely N-dealkylation sites (N-methyl/N-ethyl adjacent to an activating group) is 1. The molecule has 1 aliphatic rings. The van der Waals surface area contributed by atoms with Gasteiger partial charge in [-0.3, -0.25) is 9.59 Å². The molecule has 0 saturated heterocycles. The van der Waals surface area contributed by atoms with Crippen molar-refractivity contribution in [1.29, 1.82) is 0 Å². The first-order chi connectivity index (χ1) is 14.9. The smallest absolute Gasteiger partial charge is 0.337 e. The zero-order chi connectivity index (χ0) is 22.8. The van der Waals surface area contributed by atoms with Gasteiger partial charge >= 0.3 is 5.97 Å². The first kappa shape index (κ1) is 23.7. The SMILES string of the molecule is C/C=C\C=C/CC/C(=N\NC)C(=O)N[C@H]1COc2ccc(C(=O)OC)cc2N(C)C1=O. The van der Waals surface area contributed by atoms with Crippen molar-refractivity contribution in [2.45, 2.75) is 25.8 Å². The van der Waals surface area contributed by atoms with Crippen LogP contribution in [-0.4, -0.2) is 57.3 Å². The third kappa shape index (κ3) is 6.18. The van der Waals surface area contributed by atoms with E-state index in [1.165, 1.54) is 18.1 Å². The topological polar surface area (TPSA) is 109 Å². The molecule has 0 spiro atoms. The highest BCUT2D eigenvalue weighted by atomic mass is 16.5. The van der Waals surface area contributed by atoms with Crippen LogP contribution in [0.2, 0.25) is 0 Å². The molecule has 1 aromatic rings. The van der Waals surface area contributed by atoms with E-state index in [-0.39, 0.29) is 18.2 Å². The zero-order valence-electron chi connectivity index (χ0n) is 18.2. The molecule has 2 N–H and O–H groups in total. The number of methoxy groups -OCH3 is 1. The summed E-state index contributed by atoms with van der Waals surface area (Å²) in [6, 6.07) is 3.77. The van der Waals surface area contributed by atoms with E-state index in [1.54, 1.807) is 26.2 Å². The van der Waals surface area contributed by atoms with Crippen molar-refractivity contribution in [3.63, 3.8) is 0 Å². The molecule has 1 aromatic carbocycles. The largest absolute Gasteiger partial charge is 0.489 e. The van der Waals surface area contributed by atoms with Gasteiger partial charge in [0.1, 0.15) is 24.1 Å². The van der Waals surface area contributed by atoms with Gasteiger partial charge in [0.2, 0.25) is 0 Å². The summed E-state index contributed by atoms with van der Waals surface area (Å²) in [5.41, 5.74) is 3.61. The molecule has 0 fully saturated rings.